The molecule has 0 fully saturated rings. The van der Waals surface area contributed by atoms with Crippen molar-refractivity contribution in [1.29, 1.82) is 0 Å². The number of hydrogen-bond donors (Lipinski definition) is 1. The zero-order valence-corrected chi connectivity index (χ0v) is 10.8. The standard InChI is InChI=1S/C14H19NS/c1-10(2)7-8-12(15)14-9-11-5-3-4-6-13(11)16-14/h3-6,9-10,12H,7-8,15H2,1-2H3. The third-order valence-electron chi connectivity index (χ3n) is 2.87. The number of rotatable bonds is 4. The maximum atomic E-state index is 6.22. The van der Waals surface area contributed by atoms with E-state index in [4.69, 9.17) is 5.73 Å². The summed E-state index contributed by atoms with van der Waals surface area (Å²) in [6.07, 6.45) is 2.29. The number of thiophene rings is 1. The van der Waals surface area contributed by atoms with E-state index in [0.29, 0.717) is 0 Å². The fourth-order valence-corrected chi connectivity index (χ4v) is 2.94. The Bertz CT molecular complexity index is 425. The molecule has 0 spiro atoms. The predicted octanol–water partition coefficient (Wildman–Crippen LogP) is 4.34. The van der Waals surface area contributed by atoms with E-state index in [-0.39, 0.29) is 6.04 Å². The van der Waals surface area contributed by atoms with E-state index in [0.717, 1.165) is 12.3 Å². The summed E-state index contributed by atoms with van der Waals surface area (Å²) >= 11 is 1.83. The van der Waals surface area contributed by atoms with Gasteiger partial charge in [0.1, 0.15) is 0 Å². The highest BCUT2D eigenvalue weighted by atomic mass is 32.1. The van der Waals surface area contributed by atoms with Crippen molar-refractivity contribution in [2.75, 3.05) is 0 Å². The van der Waals surface area contributed by atoms with Crippen LogP contribution in [0.2, 0.25) is 0 Å². The first-order valence-corrected chi connectivity index (χ1v) is 6.72. The summed E-state index contributed by atoms with van der Waals surface area (Å²) in [6, 6.07) is 10.9. The molecule has 2 heteroatoms. The van der Waals surface area contributed by atoms with E-state index in [9.17, 15) is 0 Å². The Morgan fingerprint density at radius 3 is 2.62 bits per heavy atom. The maximum Gasteiger partial charge on any atom is 0.0390 e. The molecule has 2 N–H and O–H groups in total. The third-order valence-corrected chi connectivity index (χ3v) is 4.11. The van der Waals surface area contributed by atoms with Crippen LogP contribution in [0.25, 0.3) is 10.1 Å². The largest absolute Gasteiger partial charge is 0.323 e. The van der Waals surface area contributed by atoms with Gasteiger partial charge in [-0.2, -0.15) is 0 Å². The Hall–Kier alpha value is -0.860. The SMILES string of the molecule is CC(C)CCC(N)c1cc2ccccc2s1. The van der Waals surface area contributed by atoms with Gasteiger partial charge in [0.05, 0.1) is 0 Å². The molecule has 1 aromatic carbocycles. The van der Waals surface area contributed by atoms with Crippen LogP contribution in [0, 0.1) is 5.92 Å². The number of nitrogens with two attached hydrogens (primary N) is 1. The lowest BCUT2D eigenvalue weighted by atomic mass is 10.0. The Labute approximate surface area is 101 Å². The van der Waals surface area contributed by atoms with Gasteiger partial charge in [0.2, 0.25) is 0 Å². The molecule has 16 heavy (non-hydrogen) atoms. The smallest absolute Gasteiger partial charge is 0.0390 e. The van der Waals surface area contributed by atoms with Gasteiger partial charge in [-0.05, 0) is 36.3 Å². The highest BCUT2D eigenvalue weighted by Crippen LogP contribution is 2.31. The normalized spacial score (nSPS) is 13.5. The van der Waals surface area contributed by atoms with Gasteiger partial charge in [0.25, 0.3) is 0 Å². The Morgan fingerprint density at radius 1 is 1.19 bits per heavy atom. The highest BCUT2D eigenvalue weighted by Gasteiger charge is 2.10. The number of benzene rings is 1. The molecule has 86 valence electrons. The van der Waals surface area contributed by atoms with Crippen LogP contribution in [-0.4, -0.2) is 0 Å². The van der Waals surface area contributed by atoms with E-state index >= 15 is 0 Å². The first-order chi connectivity index (χ1) is 7.66. The number of fused-ring (bicyclic) bond motifs is 1. The van der Waals surface area contributed by atoms with Gasteiger partial charge in [-0.1, -0.05) is 32.0 Å². The van der Waals surface area contributed by atoms with E-state index in [2.05, 4.69) is 44.2 Å². The molecule has 0 aliphatic rings. The zero-order chi connectivity index (χ0) is 11.5. The summed E-state index contributed by atoms with van der Waals surface area (Å²) in [5.74, 6) is 0.737. The van der Waals surface area contributed by atoms with Crippen LogP contribution in [-0.2, 0) is 0 Å². The molecule has 0 saturated heterocycles. The van der Waals surface area contributed by atoms with E-state index in [1.165, 1.54) is 21.4 Å². The van der Waals surface area contributed by atoms with Gasteiger partial charge >= 0.3 is 0 Å². The Morgan fingerprint density at radius 2 is 1.94 bits per heavy atom. The van der Waals surface area contributed by atoms with Gasteiger partial charge in [-0.25, -0.2) is 0 Å². The quantitative estimate of drug-likeness (QED) is 0.835. The highest BCUT2D eigenvalue weighted by molar-refractivity contribution is 7.19. The predicted molar refractivity (Wildman–Crippen MR) is 72.8 cm³/mol. The minimum absolute atomic E-state index is 0.208. The van der Waals surface area contributed by atoms with E-state index in [1.807, 2.05) is 11.3 Å². The second-order valence-electron chi connectivity index (χ2n) is 4.76. The van der Waals surface area contributed by atoms with Crippen molar-refractivity contribution in [2.24, 2.45) is 11.7 Å². The third kappa shape index (κ3) is 2.63. The van der Waals surface area contributed by atoms with Crippen molar-refractivity contribution in [3.8, 4) is 0 Å². The lowest BCUT2D eigenvalue weighted by Crippen LogP contribution is -2.09. The van der Waals surface area contributed by atoms with Crippen molar-refractivity contribution in [1.82, 2.24) is 0 Å². The van der Waals surface area contributed by atoms with Gasteiger partial charge in [-0.3, -0.25) is 0 Å². The van der Waals surface area contributed by atoms with Crippen molar-refractivity contribution in [2.45, 2.75) is 32.7 Å². The van der Waals surface area contributed by atoms with Gasteiger partial charge < -0.3 is 5.73 Å². The summed E-state index contributed by atoms with van der Waals surface area (Å²) in [5.41, 5.74) is 6.22. The molecule has 1 aromatic heterocycles. The van der Waals surface area contributed by atoms with E-state index < -0.39 is 0 Å². The molecule has 1 unspecified atom stereocenters. The van der Waals surface area contributed by atoms with E-state index in [1.54, 1.807) is 0 Å². The summed E-state index contributed by atoms with van der Waals surface area (Å²) in [7, 11) is 0. The molecule has 0 radical (unpaired) electrons. The molecule has 0 saturated carbocycles. The molecule has 2 rings (SSSR count). The van der Waals surface area contributed by atoms with Crippen LogP contribution in [0.15, 0.2) is 30.3 Å². The summed E-state index contributed by atoms with van der Waals surface area (Å²) in [5, 5.41) is 1.32. The van der Waals surface area contributed by atoms with Crippen molar-refractivity contribution < 1.29 is 0 Å². The minimum atomic E-state index is 0.208. The zero-order valence-electron chi connectivity index (χ0n) is 9.94. The van der Waals surface area contributed by atoms with Crippen LogP contribution in [0.1, 0.15) is 37.6 Å². The molecule has 0 aliphatic heterocycles. The fraction of sp³-hybridized carbons (Fsp3) is 0.429. The molecule has 0 aliphatic carbocycles. The average molecular weight is 233 g/mol. The molecular formula is C14H19NS. The lowest BCUT2D eigenvalue weighted by Gasteiger charge is -2.10. The van der Waals surface area contributed by atoms with Crippen LogP contribution < -0.4 is 5.73 Å². The lowest BCUT2D eigenvalue weighted by molar-refractivity contribution is 0.511. The minimum Gasteiger partial charge on any atom is -0.323 e. The second-order valence-corrected chi connectivity index (χ2v) is 5.88. The van der Waals surface area contributed by atoms with Crippen LogP contribution >= 0.6 is 11.3 Å². The monoisotopic (exact) mass is 233 g/mol. The first-order valence-electron chi connectivity index (χ1n) is 5.91. The van der Waals surface area contributed by atoms with Gasteiger partial charge in [-0.15, -0.1) is 11.3 Å². The Kier molecular flexibility index (Phi) is 3.62. The van der Waals surface area contributed by atoms with Crippen molar-refractivity contribution >= 4 is 21.4 Å². The summed E-state index contributed by atoms with van der Waals surface area (Å²) in [6.45, 7) is 4.50. The molecule has 0 amide bonds. The van der Waals surface area contributed by atoms with Crippen LogP contribution in [0.3, 0.4) is 0 Å². The fourth-order valence-electron chi connectivity index (χ4n) is 1.84. The average Bonchev–Trinajstić information content (AvgIpc) is 2.69. The first kappa shape index (κ1) is 11.6. The van der Waals surface area contributed by atoms with Crippen LogP contribution in [0.5, 0.6) is 0 Å². The molecular weight excluding hydrogens is 214 g/mol. The molecule has 1 atom stereocenters. The maximum absolute atomic E-state index is 6.22. The molecule has 2 aromatic rings. The van der Waals surface area contributed by atoms with Crippen LogP contribution in [0.4, 0.5) is 0 Å². The topological polar surface area (TPSA) is 26.0 Å². The summed E-state index contributed by atoms with van der Waals surface area (Å²) in [4.78, 5) is 1.32. The summed E-state index contributed by atoms with van der Waals surface area (Å²) < 4.78 is 1.34. The number of hydrogen-bond acceptors (Lipinski definition) is 2. The second kappa shape index (κ2) is 4.98. The van der Waals surface area contributed by atoms with Gasteiger partial charge in [0.15, 0.2) is 0 Å². The van der Waals surface area contributed by atoms with Crippen molar-refractivity contribution in [3.05, 3.63) is 35.2 Å². The molecule has 1 heterocycles. The van der Waals surface area contributed by atoms with Crippen molar-refractivity contribution in [3.63, 3.8) is 0 Å². The Balaban J connectivity index is 2.13. The molecule has 1 nitrogen and oxygen atoms in total. The van der Waals surface area contributed by atoms with Gasteiger partial charge in [0, 0.05) is 15.6 Å². The molecule has 0 bridgehead atoms.